The fourth-order valence-corrected chi connectivity index (χ4v) is 2.17. The molecule has 0 N–H and O–H groups in total. The molecule has 1 atom stereocenters. The molecule has 0 aliphatic heterocycles. The fourth-order valence-electron chi connectivity index (χ4n) is 2.17. The highest BCUT2D eigenvalue weighted by molar-refractivity contribution is 5.83. The minimum absolute atomic E-state index is 0.0280. The Morgan fingerprint density at radius 1 is 0.950 bits per heavy atom. The number of carbonyl (C=O) groups is 1. The summed E-state index contributed by atoms with van der Waals surface area (Å²) < 4.78 is 0. The van der Waals surface area contributed by atoms with E-state index in [9.17, 15) is 10.1 Å². The lowest BCUT2D eigenvalue weighted by Crippen LogP contribution is -2.16. The summed E-state index contributed by atoms with van der Waals surface area (Å²) in [5.41, 5.74) is 2.17. The summed E-state index contributed by atoms with van der Waals surface area (Å²) in [5, 5.41) is 9.18. The Kier molecular flexibility index (Phi) is 5.08. The van der Waals surface area contributed by atoms with E-state index in [2.05, 4.69) is 6.07 Å². The summed E-state index contributed by atoms with van der Waals surface area (Å²) in [6.07, 6.45) is 1.63. The number of hydrogen-bond donors (Lipinski definition) is 0. The molecule has 20 heavy (non-hydrogen) atoms. The Morgan fingerprint density at radius 3 is 2.05 bits per heavy atom. The van der Waals surface area contributed by atoms with E-state index in [4.69, 9.17) is 0 Å². The molecule has 0 saturated carbocycles. The van der Waals surface area contributed by atoms with Crippen LogP contribution in [0.1, 0.15) is 17.5 Å². The molecule has 2 aromatic carbocycles. The van der Waals surface area contributed by atoms with Gasteiger partial charge in [0.25, 0.3) is 0 Å². The van der Waals surface area contributed by atoms with Crippen molar-refractivity contribution >= 4 is 5.78 Å². The number of rotatable bonds is 6. The number of hydrogen-bond acceptors (Lipinski definition) is 2. The first-order valence-electron chi connectivity index (χ1n) is 6.80. The van der Waals surface area contributed by atoms with Gasteiger partial charge in [0.2, 0.25) is 0 Å². The highest BCUT2D eigenvalue weighted by Crippen LogP contribution is 2.13. The molecule has 0 aromatic heterocycles. The first kappa shape index (κ1) is 14.0. The number of carbonyl (C=O) groups excluding carboxylic acids is 1. The molecule has 0 aliphatic rings. The Morgan fingerprint density at radius 2 is 1.50 bits per heavy atom. The average Bonchev–Trinajstić information content (AvgIpc) is 2.52. The Balaban J connectivity index is 1.91. The van der Waals surface area contributed by atoms with Gasteiger partial charge in [-0.2, -0.15) is 5.26 Å². The second-order valence-corrected chi connectivity index (χ2v) is 4.82. The number of ketones is 1. The van der Waals surface area contributed by atoms with Gasteiger partial charge < -0.3 is 0 Å². The third kappa shape index (κ3) is 4.07. The zero-order valence-electron chi connectivity index (χ0n) is 11.3. The molecule has 0 amide bonds. The Hall–Kier alpha value is -2.40. The molecule has 100 valence electrons. The van der Waals surface area contributed by atoms with Gasteiger partial charge in [0.05, 0.1) is 6.07 Å². The second-order valence-electron chi connectivity index (χ2n) is 4.82. The summed E-state index contributed by atoms with van der Waals surface area (Å²) in [6, 6.07) is 21.7. The van der Waals surface area contributed by atoms with Crippen molar-refractivity contribution in [2.75, 3.05) is 0 Å². The highest BCUT2D eigenvalue weighted by Gasteiger charge is 2.17. The van der Waals surface area contributed by atoms with Crippen LogP contribution < -0.4 is 0 Å². The van der Waals surface area contributed by atoms with Crippen LogP contribution in [0.25, 0.3) is 0 Å². The van der Waals surface area contributed by atoms with Crippen molar-refractivity contribution in [1.29, 1.82) is 5.26 Å². The summed E-state index contributed by atoms with van der Waals surface area (Å²) in [4.78, 5) is 12.1. The molecule has 2 rings (SSSR count). The summed E-state index contributed by atoms with van der Waals surface area (Å²) in [6.45, 7) is 0. The van der Waals surface area contributed by atoms with Crippen LogP contribution in [0, 0.1) is 17.2 Å². The van der Waals surface area contributed by atoms with Crippen LogP contribution in [0.3, 0.4) is 0 Å². The normalized spacial score (nSPS) is 11.6. The molecule has 2 nitrogen and oxygen atoms in total. The zero-order chi connectivity index (χ0) is 14.2. The quantitative estimate of drug-likeness (QED) is 0.799. The fraction of sp³-hybridized carbons (Fsp3) is 0.222. The van der Waals surface area contributed by atoms with Gasteiger partial charge in [-0.15, -0.1) is 0 Å². The van der Waals surface area contributed by atoms with Gasteiger partial charge in [-0.25, -0.2) is 0 Å². The van der Waals surface area contributed by atoms with Crippen molar-refractivity contribution in [3.63, 3.8) is 0 Å². The van der Waals surface area contributed by atoms with Gasteiger partial charge in [-0.3, -0.25) is 4.79 Å². The maximum absolute atomic E-state index is 12.1. The Bertz CT molecular complexity index is 584. The molecule has 1 unspecified atom stereocenters. The summed E-state index contributed by atoms with van der Waals surface area (Å²) >= 11 is 0. The van der Waals surface area contributed by atoms with Gasteiger partial charge in [0.1, 0.15) is 5.92 Å². The molecule has 0 spiro atoms. The zero-order valence-corrected chi connectivity index (χ0v) is 11.3. The minimum atomic E-state index is -0.541. The van der Waals surface area contributed by atoms with Crippen LogP contribution in [0.4, 0.5) is 0 Å². The molecular weight excluding hydrogens is 246 g/mol. The van der Waals surface area contributed by atoms with Crippen molar-refractivity contribution < 1.29 is 4.79 Å². The lowest BCUT2D eigenvalue weighted by molar-refractivity contribution is -0.121. The average molecular weight is 263 g/mol. The standard InChI is InChI=1S/C18H17NO/c19-14-17(13-16-9-5-2-6-10-16)18(20)12-11-15-7-3-1-4-8-15/h1-10,17H,11-13H2. The number of nitrogens with zero attached hydrogens (tertiary/aromatic N) is 1. The van der Waals surface area contributed by atoms with E-state index in [1.54, 1.807) is 0 Å². The maximum Gasteiger partial charge on any atom is 0.150 e. The van der Waals surface area contributed by atoms with E-state index in [1.807, 2.05) is 60.7 Å². The molecular formula is C18H17NO. The van der Waals surface area contributed by atoms with E-state index in [-0.39, 0.29) is 5.78 Å². The Labute approximate surface area is 119 Å². The van der Waals surface area contributed by atoms with Crippen molar-refractivity contribution in [2.45, 2.75) is 19.3 Å². The third-order valence-corrected chi connectivity index (χ3v) is 3.33. The van der Waals surface area contributed by atoms with Crippen molar-refractivity contribution in [1.82, 2.24) is 0 Å². The lowest BCUT2D eigenvalue weighted by Gasteiger charge is -2.08. The third-order valence-electron chi connectivity index (χ3n) is 3.33. The van der Waals surface area contributed by atoms with E-state index in [0.717, 1.165) is 11.1 Å². The van der Waals surface area contributed by atoms with Crippen molar-refractivity contribution in [3.8, 4) is 6.07 Å². The van der Waals surface area contributed by atoms with E-state index >= 15 is 0 Å². The SMILES string of the molecule is N#CC(Cc1ccccc1)C(=O)CCc1ccccc1. The topological polar surface area (TPSA) is 40.9 Å². The van der Waals surface area contributed by atoms with E-state index < -0.39 is 5.92 Å². The molecule has 0 fully saturated rings. The van der Waals surface area contributed by atoms with E-state index in [0.29, 0.717) is 19.3 Å². The van der Waals surface area contributed by atoms with Crippen LogP contribution >= 0.6 is 0 Å². The van der Waals surface area contributed by atoms with Crippen LogP contribution in [0.5, 0.6) is 0 Å². The second kappa shape index (κ2) is 7.25. The minimum Gasteiger partial charge on any atom is -0.298 e. The molecule has 0 heterocycles. The smallest absolute Gasteiger partial charge is 0.150 e. The van der Waals surface area contributed by atoms with Crippen molar-refractivity contribution in [3.05, 3.63) is 71.8 Å². The van der Waals surface area contributed by atoms with Crippen LogP contribution in [-0.2, 0) is 17.6 Å². The van der Waals surface area contributed by atoms with Gasteiger partial charge in [-0.05, 0) is 24.0 Å². The monoisotopic (exact) mass is 263 g/mol. The number of Topliss-reactive ketones (excluding diaryl/α,β-unsaturated/α-hetero) is 1. The molecule has 2 heteroatoms. The molecule has 2 aromatic rings. The predicted molar refractivity (Wildman–Crippen MR) is 79.0 cm³/mol. The lowest BCUT2D eigenvalue weighted by atomic mass is 9.93. The van der Waals surface area contributed by atoms with Crippen LogP contribution in [-0.4, -0.2) is 5.78 Å². The number of benzene rings is 2. The number of nitriles is 1. The molecule has 0 bridgehead atoms. The maximum atomic E-state index is 12.1. The van der Waals surface area contributed by atoms with Gasteiger partial charge in [0.15, 0.2) is 5.78 Å². The van der Waals surface area contributed by atoms with Gasteiger partial charge >= 0.3 is 0 Å². The van der Waals surface area contributed by atoms with Gasteiger partial charge in [-0.1, -0.05) is 60.7 Å². The summed E-state index contributed by atoms with van der Waals surface area (Å²) in [5.74, 6) is -0.513. The molecule has 0 saturated heterocycles. The van der Waals surface area contributed by atoms with E-state index in [1.165, 1.54) is 0 Å². The largest absolute Gasteiger partial charge is 0.298 e. The van der Waals surface area contributed by atoms with Crippen LogP contribution in [0.15, 0.2) is 60.7 Å². The molecule has 0 aliphatic carbocycles. The highest BCUT2D eigenvalue weighted by atomic mass is 16.1. The van der Waals surface area contributed by atoms with Gasteiger partial charge in [0, 0.05) is 6.42 Å². The number of aryl methyl sites for hydroxylation is 1. The van der Waals surface area contributed by atoms with Crippen LogP contribution in [0.2, 0.25) is 0 Å². The first-order valence-corrected chi connectivity index (χ1v) is 6.80. The van der Waals surface area contributed by atoms with Crippen molar-refractivity contribution in [2.24, 2.45) is 5.92 Å². The summed E-state index contributed by atoms with van der Waals surface area (Å²) in [7, 11) is 0. The molecule has 0 radical (unpaired) electrons. The predicted octanol–water partition coefficient (Wildman–Crippen LogP) is 3.57. The first-order chi connectivity index (χ1) is 9.79.